The summed E-state index contributed by atoms with van der Waals surface area (Å²) >= 11 is 0. The number of benzene rings is 2. The van der Waals surface area contributed by atoms with E-state index in [1.807, 2.05) is 6.92 Å². The van der Waals surface area contributed by atoms with E-state index in [9.17, 15) is 21.6 Å². The molecule has 0 saturated carbocycles. The molecule has 0 atom stereocenters. The molecule has 0 bridgehead atoms. The zero-order valence-electron chi connectivity index (χ0n) is 16.8. The molecule has 0 aliphatic rings. The second kappa shape index (κ2) is 9.45. The molecule has 0 saturated heterocycles. The number of carboxylic acids is 1. The van der Waals surface area contributed by atoms with Crippen LogP contribution in [-0.4, -0.2) is 48.6 Å². The summed E-state index contributed by atoms with van der Waals surface area (Å²) in [6, 6.07) is 10.1. The van der Waals surface area contributed by atoms with Crippen molar-refractivity contribution >= 4 is 31.7 Å². The van der Waals surface area contributed by atoms with Crippen molar-refractivity contribution in [1.82, 2.24) is 4.72 Å². The highest BCUT2D eigenvalue weighted by Gasteiger charge is 2.26. The fraction of sp³-hybridized carbons (Fsp3) is 0.316. The van der Waals surface area contributed by atoms with Crippen LogP contribution in [-0.2, 0) is 24.8 Å². The van der Waals surface area contributed by atoms with Crippen molar-refractivity contribution in [3.8, 4) is 5.75 Å². The van der Waals surface area contributed by atoms with Crippen molar-refractivity contribution in [3.05, 3.63) is 48.0 Å². The Morgan fingerprint density at radius 1 is 1.07 bits per heavy atom. The Labute approximate surface area is 176 Å². The number of nitrogens with zero attached hydrogens (tertiary/aromatic N) is 1. The topological polar surface area (TPSA) is 130 Å². The monoisotopic (exact) mass is 456 g/mol. The predicted molar refractivity (Wildman–Crippen MR) is 112 cm³/mol. The van der Waals surface area contributed by atoms with Gasteiger partial charge in [-0.1, -0.05) is 17.7 Å². The van der Waals surface area contributed by atoms with Crippen LogP contribution in [0.2, 0.25) is 0 Å². The van der Waals surface area contributed by atoms with Gasteiger partial charge in [0.2, 0.25) is 10.0 Å². The van der Waals surface area contributed by atoms with Gasteiger partial charge in [0.05, 0.1) is 22.6 Å². The molecule has 2 aromatic carbocycles. The summed E-state index contributed by atoms with van der Waals surface area (Å²) < 4.78 is 59.6. The Morgan fingerprint density at radius 2 is 1.67 bits per heavy atom. The van der Waals surface area contributed by atoms with Crippen LogP contribution >= 0.6 is 0 Å². The zero-order chi connectivity index (χ0) is 22.5. The molecule has 30 heavy (non-hydrogen) atoms. The number of hydrogen-bond acceptors (Lipinski definition) is 6. The highest BCUT2D eigenvalue weighted by molar-refractivity contribution is 7.92. The van der Waals surface area contributed by atoms with Crippen molar-refractivity contribution < 1.29 is 31.5 Å². The Kier molecular flexibility index (Phi) is 7.45. The first kappa shape index (κ1) is 23.6. The largest absolute Gasteiger partial charge is 0.495 e. The molecule has 2 N–H and O–H groups in total. The van der Waals surface area contributed by atoms with Crippen LogP contribution in [0.15, 0.2) is 52.3 Å². The van der Waals surface area contributed by atoms with E-state index in [1.54, 1.807) is 12.1 Å². The third kappa shape index (κ3) is 5.49. The Balaban J connectivity index is 2.38. The van der Waals surface area contributed by atoms with Crippen molar-refractivity contribution in [1.29, 1.82) is 0 Å². The number of aryl methyl sites for hydroxylation is 1. The summed E-state index contributed by atoms with van der Waals surface area (Å²) in [7, 11) is -5.28. The maximum Gasteiger partial charge on any atom is 0.303 e. The first-order chi connectivity index (χ1) is 14.0. The van der Waals surface area contributed by atoms with Crippen molar-refractivity contribution in [3.63, 3.8) is 0 Å². The van der Waals surface area contributed by atoms with Crippen LogP contribution in [0, 0.1) is 6.92 Å². The third-order valence-corrected chi connectivity index (χ3v) is 7.58. The lowest BCUT2D eigenvalue weighted by Gasteiger charge is -2.22. The summed E-state index contributed by atoms with van der Waals surface area (Å²) in [5.41, 5.74) is 0.947. The van der Waals surface area contributed by atoms with E-state index in [1.165, 1.54) is 44.5 Å². The molecule has 0 amide bonds. The van der Waals surface area contributed by atoms with E-state index >= 15 is 0 Å². The van der Waals surface area contributed by atoms with Crippen molar-refractivity contribution in [2.45, 2.75) is 29.6 Å². The molecule has 0 aromatic heterocycles. The normalized spacial score (nSPS) is 11.8. The number of carboxylic acid groups (broad SMARTS) is 1. The number of nitrogens with one attached hydrogen (secondary N) is 1. The first-order valence-electron chi connectivity index (χ1n) is 8.94. The minimum Gasteiger partial charge on any atom is -0.495 e. The molecular weight excluding hydrogens is 432 g/mol. The van der Waals surface area contributed by atoms with Crippen LogP contribution in [0.4, 0.5) is 5.69 Å². The third-order valence-electron chi connectivity index (χ3n) is 4.34. The van der Waals surface area contributed by atoms with Crippen molar-refractivity contribution in [2.24, 2.45) is 0 Å². The van der Waals surface area contributed by atoms with Gasteiger partial charge in [-0.2, -0.15) is 0 Å². The van der Waals surface area contributed by atoms with E-state index in [0.29, 0.717) is 0 Å². The lowest BCUT2D eigenvalue weighted by molar-refractivity contribution is -0.137. The Morgan fingerprint density at radius 3 is 2.23 bits per heavy atom. The molecule has 0 unspecified atom stereocenters. The molecule has 0 radical (unpaired) electrons. The Hall–Kier alpha value is -2.63. The highest BCUT2D eigenvalue weighted by atomic mass is 32.2. The standard InChI is InChI=1S/C19H24N2O7S2/c1-14-6-8-15(9-7-14)30(26,27)21(2)17-13-16(10-11-18(17)28-3)29(24,25)20-12-4-5-19(22)23/h6-11,13,20H,4-5,12H2,1-3H3,(H,22,23). The van der Waals surface area contributed by atoms with E-state index in [2.05, 4.69) is 4.72 Å². The van der Waals surface area contributed by atoms with Gasteiger partial charge in [-0.25, -0.2) is 21.6 Å². The van der Waals surface area contributed by atoms with E-state index < -0.39 is 26.0 Å². The van der Waals surface area contributed by atoms with Crippen LogP contribution in [0.5, 0.6) is 5.75 Å². The van der Waals surface area contributed by atoms with Gasteiger partial charge in [-0.05, 0) is 43.7 Å². The number of anilines is 1. The van der Waals surface area contributed by atoms with E-state index in [4.69, 9.17) is 9.84 Å². The van der Waals surface area contributed by atoms with Gasteiger partial charge in [-0.15, -0.1) is 0 Å². The minimum absolute atomic E-state index is 0.0477. The predicted octanol–water partition coefficient (Wildman–Crippen LogP) is 1.97. The molecule has 0 fully saturated rings. The molecule has 11 heteroatoms. The number of ether oxygens (including phenoxy) is 1. The van der Waals surface area contributed by atoms with Gasteiger partial charge in [0.1, 0.15) is 5.75 Å². The highest BCUT2D eigenvalue weighted by Crippen LogP contribution is 2.33. The summed E-state index contributed by atoms with van der Waals surface area (Å²) in [4.78, 5) is 10.4. The SMILES string of the molecule is COc1ccc(S(=O)(=O)NCCCC(=O)O)cc1N(C)S(=O)(=O)c1ccc(C)cc1. The van der Waals surface area contributed by atoms with Crippen LogP contribution in [0.1, 0.15) is 18.4 Å². The number of aliphatic carboxylic acids is 1. The zero-order valence-corrected chi connectivity index (χ0v) is 18.5. The average Bonchev–Trinajstić information content (AvgIpc) is 2.70. The quantitative estimate of drug-likeness (QED) is 0.523. The first-order valence-corrected chi connectivity index (χ1v) is 11.9. The number of carbonyl (C=O) groups is 1. The molecule has 0 spiro atoms. The molecule has 0 aliphatic carbocycles. The van der Waals surface area contributed by atoms with Gasteiger partial charge >= 0.3 is 5.97 Å². The number of methoxy groups -OCH3 is 1. The lowest BCUT2D eigenvalue weighted by atomic mass is 10.2. The second-order valence-electron chi connectivity index (χ2n) is 6.51. The smallest absolute Gasteiger partial charge is 0.303 e. The molecule has 0 heterocycles. The summed E-state index contributed by atoms with van der Waals surface area (Å²) in [5, 5.41) is 8.65. The van der Waals surface area contributed by atoms with E-state index in [0.717, 1.165) is 9.87 Å². The van der Waals surface area contributed by atoms with Gasteiger partial charge in [-0.3, -0.25) is 9.10 Å². The second-order valence-corrected chi connectivity index (χ2v) is 10.3. The summed E-state index contributed by atoms with van der Waals surface area (Å²) in [6.07, 6.45) is -0.0484. The molecule has 0 aliphatic heterocycles. The maximum atomic E-state index is 13.0. The maximum absolute atomic E-state index is 13.0. The molecule has 2 aromatic rings. The van der Waals surface area contributed by atoms with Crippen LogP contribution in [0.25, 0.3) is 0 Å². The van der Waals surface area contributed by atoms with E-state index in [-0.39, 0.29) is 40.6 Å². The fourth-order valence-corrected chi connectivity index (χ4v) is 4.90. The molecular formula is C19H24N2O7S2. The lowest BCUT2D eigenvalue weighted by Crippen LogP contribution is -2.28. The number of hydrogen-bond donors (Lipinski definition) is 2. The number of sulfonamides is 2. The van der Waals surface area contributed by atoms with Gasteiger partial charge < -0.3 is 9.84 Å². The van der Waals surface area contributed by atoms with Crippen molar-refractivity contribution in [2.75, 3.05) is 25.0 Å². The summed E-state index contributed by atoms with van der Waals surface area (Å²) in [5.74, 6) is -0.845. The summed E-state index contributed by atoms with van der Waals surface area (Å²) in [6.45, 7) is 1.77. The fourth-order valence-electron chi connectivity index (χ4n) is 2.61. The van der Waals surface area contributed by atoms with Gasteiger partial charge in [0.25, 0.3) is 10.0 Å². The minimum atomic E-state index is -3.97. The van der Waals surface area contributed by atoms with Crippen LogP contribution in [0.3, 0.4) is 0 Å². The van der Waals surface area contributed by atoms with Gasteiger partial charge in [0, 0.05) is 20.0 Å². The number of rotatable bonds is 10. The molecule has 9 nitrogen and oxygen atoms in total. The molecule has 2 rings (SSSR count). The Bertz CT molecular complexity index is 1110. The average molecular weight is 457 g/mol. The molecule has 164 valence electrons. The van der Waals surface area contributed by atoms with Crippen LogP contribution < -0.4 is 13.8 Å². The van der Waals surface area contributed by atoms with Gasteiger partial charge in [0.15, 0.2) is 0 Å².